The number of carbonyl (C=O) groups excluding carboxylic acids is 2. The van der Waals surface area contributed by atoms with Crippen LogP contribution in [0.1, 0.15) is 57.3 Å². The molecule has 2 atom stereocenters. The van der Waals surface area contributed by atoms with Gasteiger partial charge in [0.25, 0.3) is 11.8 Å². The number of carboxylic acids is 1. The quantitative estimate of drug-likeness (QED) is 0.746. The molecule has 28 heavy (non-hydrogen) atoms. The van der Waals surface area contributed by atoms with Crippen LogP contribution in [0.3, 0.4) is 0 Å². The molecule has 154 valence electrons. The first kappa shape index (κ1) is 21.7. The van der Waals surface area contributed by atoms with Gasteiger partial charge < -0.3 is 20.1 Å². The summed E-state index contributed by atoms with van der Waals surface area (Å²) in [5.74, 6) is -0.850. The molecule has 0 bridgehead atoms. The topological polar surface area (TPSA) is 95.9 Å². The molecule has 1 aromatic carbocycles. The molecule has 0 saturated carbocycles. The van der Waals surface area contributed by atoms with Gasteiger partial charge in [-0.05, 0) is 71.2 Å². The third kappa shape index (κ3) is 5.47. The summed E-state index contributed by atoms with van der Waals surface area (Å²) in [4.78, 5) is 37.7. The highest BCUT2D eigenvalue weighted by molar-refractivity contribution is 5.94. The average Bonchev–Trinajstić information content (AvgIpc) is 2.64. The van der Waals surface area contributed by atoms with E-state index in [0.717, 1.165) is 19.3 Å². The molecule has 2 rings (SSSR count). The zero-order valence-corrected chi connectivity index (χ0v) is 17.0. The average molecular weight is 390 g/mol. The number of carboxylic acid groups (broad SMARTS) is 1. The van der Waals surface area contributed by atoms with E-state index in [4.69, 9.17) is 9.84 Å². The van der Waals surface area contributed by atoms with Gasteiger partial charge in [-0.25, -0.2) is 0 Å². The molecule has 0 spiro atoms. The predicted molar refractivity (Wildman–Crippen MR) is 105 cm³/mol. The molecule has 1 heterocycles. The second-order valence-electron chi connectivity index (χ2n) is 8.11. The summed E-state index contributed by atoms with van der Waals surface area (Å²) >= 11 is 0. The van der Waals surface area contributed by atoms with Crippen molar-refractivity contribution in [3.05, 3.63) is 29.8 Å². The van der Waals surface area contributed by atoms with Gasteiger partial charge in [0.05, 0.1) is 5.41 Å². The Morgan fingerprint density at radius 3 is 2.25 bits per heavy atom. The van der Waals surface area contributed by atoms with Crippen LogP contribution in [0.15, 0.2) is 24.3 Å². The van der Waals surface area contributed by atoms with Crippen molar-refractivity contribution >= 4 is 17.8 Å². The highest BCUT2D eigenvalue weighted by Crippen LogP contribution is 2.23. The van der Waals surface area contributed by atoms with Gasteiger partial charge in [0.15, 0.2) is 6.61 Å². The molecule has 1 aliphatic rings. The van der Waals surface area contributed by atoms with E-state index in [-0.39, 0.29) is 37.0 Å². The Bertz CT molecular complexity index is 704. The highest BCUT2D eigenvalue weighted by atomic mass is 16.5. The summed E-state index contributed by atoms with van der Waals surface area (Å²) in [5.41, 5.74) is -0.639. The number of hydrogen-bond acceptors (Lipinski definition) is 4. The SMILES string of the molecule is CC1CCCC(C)N1C(=O)COc1ccc(C(=O)NCC(C)(C)C(=O)O)cc1. The molecule has 1 aromatic rings. The summed E-state index contributed by atoms with van der Waals surface area (Å²) in [7, 11) is 0. The van der Waals surface area contributed by atoms with Gasteiger partial charge in [0, 0.05) is 24.2 Å². The number of nitrogens with zero attached hydrogens (tertiary/aromatic N) is 1. The Morgan fingerprint density at radius 1 is 1.14 bits per heavy atom. The molecule has 2 amide bonds. The van der Waals surface area contributed by atoms with Gasteiger partial charge in [-0.15, -0.1) is 0 Å². The number of aliphatic carboxylic acids is 1. The van der Waals surface area contributed by atoms with Crippen LogP contribution in [-0.4, -0.2) is 53.0 Å². The van der Waals surface area contributed by atoms with Crippen molar-refractivity contribution in [2.75, 3.05) is 13.2 Å². The lowest BCUT2D eigenvalue weighted by Gasteiger charge is -2.38. The molecular formula is C21H30N2O5. The van der Waals surface area contributed by atoms with Gasteiger partial charge in [0.2, 0.25) is 0 Å². The minimum Gasteiger partial charge on any atom is -0.484 e. The normalized spacial score (nSPS) is 19.8. The van der Waals surface area contributed by atoms with Crippen molar-refractivity contribution in [1.29, 1.82) is 0 Å². The van der Waals surface area contributed by atoms with Crippen molar-refractivity contribution in [2.45, 2.75) is 59.0 Å². The van der Waals surface area contributed by atoms with Gasteiger partial charge in [0.1, 0.15) is 5.75 Å². The number of rotatable bonds is 7. The number of ether oxygens (including phenoxy) is 1. The second kappa shape index (κ2) is 9.08. The van der Waals surface area contributed by atoms with Crippen LogP contribution >= 0.6 is 0 Å². The standard InChI is InChI=1S/C21H30N2O5/c1-14-6-5-7-15(2)23(14)18(24)12-28-17-10-8-16(9-11-17)19(25)22-13-21(3,4)20(26)27/h8-11,14-15H,5-7,12-13H2,1-4H3,(H,22,25)(H,26,27). The predicted octanol–water partition coefficient (Wildman–Crippen LogP) is 2.70. The molecule has 2 unspecified atom stereocenters. The molecular weight excluding hydrogens is 360 g/mol. The van der Waals surface area contributed by atoms with Crippen molar-refractivity contribution < 1.29 is 24.2 Å². The summed E-state index contributed by atoms with van der Waals surface area (Å²) in [5, 5.41) is 11.7. The van der Waals surface area contributed by atoms with Crippen molar-refractivity contribution in [3.63, 3.8) is 0 Å². The lowest BCUT2D eigenvalue weighted by atomic mass is 9.94. The highest BCUT2D eigenvalue weighted by Gasteiger charge is 2.29. The molecule has 1 aliphatic heterocycles. The van der Waals surface area contributed by atoms with E-state index in [9.17, 15) is 14.4 Å². The van der Waals surface area contributed by atoms with Crippen molar-refractivity contribution in [2.24, 2.45) is 5.41 Å². The van der Waals surface area contributed by atoms with E-state index in [1.807, 2.05) is 4.90 Å². The van der Waals surface area contributed by atoms with Crippen LogP contribution in [0.4, 0.5) is 0 Å². The van der Waals surface area contributed by atoms with Crippen LogP contribution in [0.25, 0.3) is 0 Å². The minimum absolute atomic E-state index is 0.0279. The van der Waals surface area contributed by atoms with Gasteiger partial charge in [-0.3, -0.25) is 14.4 Å². The molecule has 0 aliphatic carbocycles. The van der Waals surface area contributed by atoms with Crippen LogP contribution in [0.5, 0.6) is 5.75 Å². The van der Waals surface area contributed by atoms with E-state index in [1.165, 1.54) is 0 Å². The number of piperidine rings is 1. The second-order valence-corrected chi connectivity index (χ2v) is 8.11. The largest absolute Gasteiger partial charge is 0.484 e. The maximum atomic E-state index is 12.5. The first-order valence-electron chi connectivity index (χ1n) is 9.67. The number of benzene rings is 1. The molecule has 0 radical (unpaired) electrons. The molecule has 7 nitrogen and oxygen atoms in total. The maximum absolute atomic E-state index is 12.5. The van der Waals surface area contributed by atoms with E-state index >= 15 is 0 Å². The third-order valence-corrected chi connectivity index (χ3v) is 5.23. The zero-order valence-electron chi connectivity index (χ0n) is 17.0. The maximum Gasteiger partial charge on any atom is 0.310 e. The first-order chi connectivity index (χ1) is 13.1. The molecule has 0 aromatic heterocycles. The summed E-state index contributed by atoms with van der Waals surface area (Å²) in [6.45, 7) is 7.22. The molecule has 7 heteroatoms. The minimum atomic E-state index is -1.04. The fourth-order valence-electron chi connectivity index (χ4n) is 3.31. The number of hydrogen-bond donors (Lipinski definition) is 2. The Hall–Kier alpha value is -2.57. The number of amides is 2. The van der Waals surface area contributed by atoms with Crippen LogP contribution < -0.4 is 10.1 Å². The Morgan fingerprint density at radius 2 is 1.71 bits per heavy atom. The summed E-state index contributed by atoms with van der Waals surface area (Å²) in [6.07, 6.45) is 3.16. The first-order valence-corrected chi connectivity index (χ1v) is 9.67. The van der Waals surface area contributed by atoms with Crippen LogP contribution in [0.2, 0.25) is 0 Å². The van der Waals surface area contributed by atoms with E-state index < -0.39 is 11.4 Å². The number of carbonyl (C=O) groups is 3. The number of nitrogens with one attached hydrogen (secondary N) is 1. The fourth-order valence-corrected chi connectivity index (χ4v) is 3.31. The lowest BCUT2D eigenvalue weighted by molar-refractivity contribution is -0.146. The van der Waals surface area contributed by atoms with E-state index in [1.54, 1.807) is 38.1 Å². The number of likely N-dealkylation sites (tertiary alicyclic amines) is 1. The zero-order chi connectivity index (χ0) is 20.9. The van der Waals surface area contributed by atoms with Gasteiger partial charge in [-0.1, -0.05) is 0 Å². The van der Waals surface area contributed by atoms with Crippen molar-refractivity contribution in [3.8, 4) is 5.75 Å². The lowest BCUT2D eigenvalue weighted by Crippen LogP contribution is -2.49. The van der Waals surface area contributed by atoms with E-state index in [0.29, 0.717) is 11.3 Å². The van der Waals surface area contributed by atoms with E-state index in [2.05, 4.69) is 19.2 Å². The van der Waals surface area contributed by atoms with Gasteiger partial charge >= 0.3 is 5.97 Å². The van der Waals surface area contributed by atoms with Gasteiger partial charge in [-0.2, -0.15) is 0 Å². The smallest absolute Gasteiger partial charge is 0.310 e. The monoisotopic (exact) mass is 390 g/mol. The molecule has 2 N–H and O–H groups in total. The van der Waals surface area contributed by atoms with Crippen LogP contribution in [-0.2, 0) is 9.59 Å². The Balaban J connectivity index is 1.87. The van der Waals surface area contributed by atoms with Crippen LogP contribution in [0, 0.1) is 5.41 Å². The van der Waals surface area contributed by atoms with Crippen molar-refractivity contribution in [1.82, 2.24) is 10.2 Å². The Labute approximate surface area is 166 Å². The Kier molecular flexibility index (Phi) is 7.05. The molecule has 1 fully saturated rings. The summed E-state index contributed by atoms with van der Waals surface area (Å²) in [6, 6.07) is 6.90. The molecule has 1 saturated heterocycles. The third-order valence-electron chi connectivity index (χ3n) is 5.23. The fraction of sp³-hybridized carbons (Fsp3) is 0.571. The summed E-state index contributed by atoms with van der Waals surface area (Å²) < 4.78 is 5.60.